The summed E-state index contributed by atoms with van der Waals surface area (Å²) in [5, 5.41) is 3.28. The molecule has 1 aromatic rings. The van der Waals surface area contributed by atoms with Crippen LogP contribution in [0.25, 0.3) is 0 Å². The van der Waals surface area contributed by atoms with Crippen molar-refractivity contribution in [2.24, 2.45) is 5.92 Å². The number of ketones is 1. The number of piperazine rings is 1. The SMILES string of the molecule is CC(=O)c1ccc(S(=O)(=O)N2CCC(C(=O)N3CCNC[C@H]3C)CC2)cc1. The molecular weight excluding hydrogens is 366 g/mol. The van der Waals surface area contributed by atoms with E-state index in [2.05, 4.69) is 5.32 Å². The molecule has 148 valence electrons. The summed E-state index contributed by atoms with van der Waals surface area (Å²) in [4.78, 5) is 26.3. The van der Waals surface area contributed by atoms with Crippen LogP contribution in [-0.2, 0) is 14.8 Å². The number of amides is 1. The molecule has 0 bridgehead atoms. The lowest BCUT2D eigenvalue weighted by atomic mass is 9.95. The molecule has 0 spiro atoms. The van der Waals surface area contributed by atoms with Crippen LogP contribution in [0.1, 0.15) is 37.0 Å². The van der Waals surface area contributed by atoms with E-state index in [1.807, 2.05) is 11.8 Å². The molecule has 2 aliphatic heterocycles. The van der Waals surface area contributed by atoms with Crippen molar-refractivity contribution in [1.82, 2.24) is 14.5 Å². The number of sulfonamides is 1. The number of nitrogens with one attached hydrogen (secondary N) is 1. The molecule has 2 aliphatic rings. The third-order valence-corrected chi connectivity index (χ3v) is 7.40. The highest BCUT2D eigenvalue weighted by Crippen LogP contribution is 2.26. The fraction of sp³-hybridized carbons (Fsp3) is 0.579. The smallest absolute Gasteiger partial charge is 0.243 e. The van der Waals surface area contributed by atoms with Crippen molar-refractivity contribution in [3.8, 4) is 0 Å². The van der Waals surface area contributed by atoms with E-state index in [0.717, 1.165) is 13.1 Å². The molecule has 1 atom stereocenters. The number of Topliss-reactive ketones (excluding diaryl/α,β-unsaturated/α-hetero) is 1. The Bertz CT molecular complexity index is 799. The van der Waals surface area contributed by atoms with Crippen molar-refractivity contribution in [2.45, 2.75) is 37.6 Å². The molecule has 2 saturated heterocycles. The minimum absolute atomic E-state index is 0.0968. The van der Waals surface area contributed by atoms with E-state index in [1.54, 1.807) is 0 Å². The number of nitrogens with zero attached hydrogens (tertiary/aromatic N) is 2. The summed E-state index contributed by atoms with van der Waals surface area (Å²) in [6, 6.07) is 6.21. The van der Waals surface area contributed by atoms with Crippen LogP contribution in [0.3, 0.4) is 0 Å². The fourth-order valence-electron chi connectivity index (χ4n) is 3.76. The van der Waals surface area contributed by atoms with Gasteiger partial charge in [0.25, 0.3) is 0 Å². The molecule has 0 aliphatic carbocycles. The summed E-state index contributed by atoms with van der Waals surface area (Å²) in [6.07, 6.45) is 1.08. The lowest BCUT2D eigenvalue weighted by Crippen LogP contribution is -2.55. The van der Waals surface area contributed by atoms with E-state index in [-0.39, 0.29) is 28.5 Å². The summed E-state index contributed by atoms with van der Waals surface area (Å²) in [7, 11) is -3.60. The predicted molar refractivity (Wildman–Crippen MR) is 102 cm³/mol. The average molecular weight is 394 g/mol. The van der Waals surface area contributed by atoms with Crippen LogP contribution in [-0.4, -0.2) is 68.1 Å². The second-order valence-corrected chi connectivity index (χ2v) is 9.28. The van der Waals surface area contributed by atoms with E-state index < -0.39 is 10.0 Å². The molecule has 3 rings (SSSR count). The third-order valence-electron chi connectivity index (χ3n) is 5.49. The first kappa shape index (κ1) is 20.0. The molecule has 0 unspecified atom stereocenters. The second-order valence-electron chi connectivity index (χ2n) is 7.34. The standard InChI is InChI=1S/C19H27N3O4S/c1-14-13-20-9-12-22(14)19(24)17-7-10-21(11-8-17)27(25,26)18-5-3-16(4-6-18)15(2)23/h3-6,14,17,20H,7-13H2,1-2H3/t14-/m1/s1. The van der Waals surface area contributed by atoms with E-state index in [1.165, 1.54) is 35.5 Å². The largest absolute Gasteiger partial charge is 0.337 e. The van der Waals surface area contributed by atoms with Crippen molar-refractivity contribution in [3.05, 3.63) is 29.8 Å². The summed E-state index contributed by atoms with van der Waals surface area (Å²) < 4.78 is 27.1. The Kier molecular flexibility index (Phi) is 5.98. The maximum atomic E-state index is 12.8. The first-order chi connectivity index (χ1) is 12.8. The summed E-state index contributed by atoms with van der Waals surface area (Å²) >= 11 is 0. The van der Waals surface area contributed by atoms with E-state index in [0.29, 0.717) is 38.0 Å². The van der Waals surface area contributed by atoms with Crippen LogP contribution in [0.5, 0.6) is 0 Å². The highest BCUT2D eigenvalue weighted by atomic mass is 32.2. The molecule has 7 nitrogen and oxygen atoms in total. The van der Waals surface area contributed by atoms with Gasteiger partial charge in [-0.05, 0) is 38.8 Å². The van der Waals surface area contributed by atoms with E-state index in [4.69, 9.17) is 0 Å². The lowest BCUT2D eigenvalue weighted by molar-refractivity contribution is -0.139. The molecule has 0 radical (unpaired) electrons. The average Bonchev–Trinajstić information content (AvgIpc) is 2.68. The monoisotopic (exact) mass is 393 g/mol. The molecule has 2 heterocycles. The first-order valence-electron chi connectivity index (χ1n) is 9.43. The van der Waals surface area contributed by atoms with Gasteiger partial charge in [0, 0.05) is 50.2 Å². The Morgan fingerprint density at radius 2 is 1.70 bits per heavy atom. The molecule has 1 amide bonds. The highest BCUT2D eigenvalue weighted by molar-refractivity contribution is 7.89. The van der Waals surface area contributed by atoms with Crippen LogP contribution in [0.4, 0.5) is 0 Å². The molecular formula is C19H27N3O4S. The molecule has 27 heavy (non-hydrogen) atoms. The summed E-state index contributed by atoms with van der Waals surface area (Å²) in [5.74, 6) is -0.0654. The Morgan fingerprint density at radius 1 is 1.07 bits per heavy atom. The number of piperidine rings is 1. The Labute approximate surface area is 160 Å². The van der Waals surface area contributed by atoms with Gasteiger partial charge in [-0.15, -0.1) is 0 Å². The van der Waals surface area contributed by atoms with Gasteiger partial charge in [0.2, 0.25) is 15.9 Å². The summed E-state index contributed by atoms with van der Waals surface area (Å²) in [6.45, 7) is 6.48. The Hall–Kier alpha value is -1.77. The van der Waals surface area contributed by atoms with Gasteiger partial charge in [-0.2, -0.15) is 4.31 Å². The number of carbonyl (C=O) groups is 2. The van der Waals surface area contributed by atoms with Crippen molar-refractivity contribution in [2.75, 3.05) is 32.7 Å². The highest BCUT2D eigenvalue weighted by Gasteiger charge is 2.35. The molecule has 8 heteroatoms. The van der Waals surface area contributed by atoms with Gasteiger partial charge in [0.1, 0.15) is 0 Å². The lowest BCUT2D eigenvalue weighted by Gasteiger charge is -2.38. The first-order valence-corrected chi connectivity index (χ1v) is 10.9. The van der Waals surface area contributed by atoms with Gasteiger partial charge in [-0.1, -0.05) is 12.1 Å². The minimum atomic E-state index is -3.60. The van der Waals surface area contributed by atoms with Crippen LogP contribution < -0.4 is 5.32 Å². The predicted octanol–water partition coefficient (Wildman–Crippen LogP) is 1.11. The van der Waals surface area contributed by atoms with Crippen LogP contribution in [0, 0.1) is 5.92 Å². The van der Waals surface area contributed by atoms with Crippen LogP contribution in [0.2, 0.25) is 0 Å². The number of hydrogen-bond donors (Lipinski definition) is 1. The molecule has 1 N–H and O–H groups in total. The van der Waals surface area contributed by atoms with Crippen molar-refractivity contribution in [1.29, 1.82) is 0 Å². The van der Waals surface area contributed by atoms with Gasteiger partial charge in [0.05, 0.1) is 4.90 Å². The van der Waals surface area contributed by atoms with Gasteiger partial charge in [-0.25, -0.2) is 8.42 Å². The van der Waals surface area contributed by atoms with Crippen molar-refractivity contribution < 1.29 is 18.0 Å². The molecule has 0 saturated carbocycles. The summed E-state index contributed by atoms with van der Waals surface area (Å²) in [5.41, 5.74) is 0.489. The number of hydrogen-bond acceptors (Lipinski definition) is 5. The normalized spacial score (nSPS) is 22.6. The van der Waals surface area contributed by atoms with Crippen molar-refractivity contribution in [3.63, 3.8) is 0 Å². The topological polar surface area (TPSA) is 86.8 Å². The number of rotatable bonds is 4. The van der Waals surface area contributed by atoms with E-state index in [9.17, 15) is 18.0 Å². The zero-order chi connectivity index (χ0) is 19.6. The van der Waals surface area contributed by atoms with Crippen LogP contribution in [0.15, 0.2) is 29.2 Å². The number of benzene rings is 1. The molecule has 1 aromatic carbocycles. The Morgan fingerprint density at radius 3 is 2.26 bits per heavy atom. The maximum absolute atomic E-state index is 12.8. The fourth-order valence-corrected chi connectivity index (χ4v) is 5.23. The molecule has 0 aromatic heterocycles. The quantitative estimate of drug-likeness (QED) is 0.775. The minimum Gasteiger partial charge on any atom is -0.337 e. The van der Waals surface area contributed by atoms with Crippen LogP contribution >= 0.6 is 0 Å². The van der Waals surface area contributed by atoms with E-state index >= 15 is 0 Å². The van der Waals surface area contributed by atoms with Gasteiger partial charge in [-0.3, -0.25) is 9.59 Å². The van der Waals surface area contributed by atoms with Crippen molar-refractivity contribution >= 4 is 21.7 Å². The third kappa shape index (κ3) is 4.23. The Balaban J connectivity index is 1.64. The van der Waals surface area contributed by atoms with Gasteiger partial charge < -0.3 is 10.2 Å². The zero-order valence-electron chi connectivity index (χ0n) is 15.8. The second kappa shape index (κ2) is 8.08. The van der Waals surface area contributed by atoms with Gasteiger partial charge in [0.15, 0.2) is 5.78 Å². The van der Waals surface area contributed by atoms with Gasteiger partial charge >= 0.3 is 0 Å². The molecule has 2 fully saturated rings. The zero-order valence-corrected chi connectivity index (χ0v) is 16.7. The maximum Gasteiger partial charge on any atom is 0.243 e. The number of carbonyl (C=O) groups excluding carboxylic acids is 2.